The van der Waals surface area contributed by atoms with Gasteiger partial charge in [-0.2, -0.15) is 0 Å². The lowest BCUT2D eigenvalue weighted by molar-refractivity contribution is 0.530. The fraction of sp³-hybridized carbons (Fsp3) is 0.600. The molecule has 0 radical (unpaired) electrons. The highest BCUT2D eigenvalue weighted by Crippen LogP contribution is 2.26. The number of anilines is 1. The summed E-state index contributed by atoms with van der Waals surface area (Å²) >= 11 is 0. The van der Waals surface area contributed by atoms with E-state index in [1.165, 1.54) is 25.7 Å². The van der Waals surface area contributed by atoms with Crippen LogP contribution in [0.25, 0.3) is 0 Å². The van der Waals surface area contributed by atoms with E-state index in [2.05, 4.69) is 9.97 Å². The van der Waals surface area contributed by atoms with Gasteiger partial charge in [0, 0.05) is 12.6 Å². The molecule has 2 rings (SSSR count). The zero-order valence-corrected chi connectivity index (χ0v) is 7.74. The molecule has 0 bridgehead atoms. The molecule has 1 aliphatic rings. The minimum Gasteiger partial charge on any atom is -0.384 e. The van der Waals surface area contributed by atoms with Crippen LogP contribution in [-0.4, -0.2) is 9.97 Å². The molecule has 1 aromatic rings. The second-order valence-electron chi connectivity index (χ2n) is 3.75. The molecule has 0 aromatic carbocycles. The predicted octanol–water partition coefficient (Wildman–Crippen LogP) is 1.79. The normalized spacial score (nSPS) is 17.8. The summed E-state index contributed by atoms with van der Waals surface area (Å²) in [5.41, 5.74) is 5.58. The standard InChI is InChI=1S/C10H15N3/c11-9-5-6-12-10(13-9)7-8-3-1-2-4-8/h5-6,8H,1-4,7H2,(H2,11,12,13). The van der Waals surface area contributed by atoms with Crippen LogP contribution in [0.5, 0.6) is 0 Å². The van der Waals surface area contributed by atoms with Crippen molar-refractivity contribution in [3.63, 3.8) is 0 Å². The zero-order valence-electron chi connectivity index (χ0n) is 7.74. The van der Waals surface area contributed by atoms with E-state index < -0.39 is 0 Å². The monoisotopic (exact) mass is 177 g/mol. The summed E-state index contributed by atoms with van der Waals surface area (Å²) in [5.74, 6) is 2.29. The molecule has 3 nitrogen and oxygen atoms in total. The lowest BCUT2D eigenvalue weighted by atomic mass is 10.0. The molecule has 1 heterocycles. The molecule has 0 spiro atoms. The molecule has 2 N–H and O–H groups in total. The van der Waals surface area contributed by atoms with Crippen molar-refractivity contribution in [2.75, 3.05) is 5.73 Å². The quantitative estimate of drug-likeness (QED) is 0.749. The van der Waals surface area contributed by atoms with Gasteiger partial charge < -0.3 is 5.73 Å². The number of nitrogen functional groups attached to an aromatic ring is 1. The van der Waals surface area contributed by atoms with E-state index in [1.807, 2.05) is 0 Å². The molecular formula is C10H15N3. The number of hydrogen-bond acceptors (Lipinski definition) is 3. The van der Waals surface area contributed by atoms with Gasteiger partial charge in [0.25, 0.3) is 0 Å². The smallest absolute Gasteiger partial charge is 0.130 e. The Kier molecular flexibility index (Phi) is 2.43. The first kappa shape index (κ1) is 8.48. The zero-order chi connectivity index (χ0) is 9.10. The van der Waals surface area contributed by atoms with Crippen LogP contribution in [0.1, 0.15) is 31.5 Å². The minimum absolute atomic E-state index is 0.586. The van der Waals surface area contributed by atoms with Crippen LogP contribution in [0, 0.1) is 5.92 Å². The van der Waals surface area contributed by atoms with Crippen molar-refractivity contribution >= 4 is 5.82 Å². The van der Waals surface area contributed by atoms with Crippen molar-refractivity contribution in [3.05, 3.63) is 18.1 Å². The van der Waals surface area contributed by atoms with Gasteiger partial charge in [-0.1, -0.05) is 25.7 Å². The maximum absolute atomic E-state index is 5.58. The molecule has 70 valence electrons. The summed E-state index contributed by atoms with van der Waals surface area (Å²) < 4.78 is 0. The van der Waals surface area contributed by atoms with Crippen molar-refractivity contribution < 1.29 is 0 Å². The van der Waals surface area contributed by atoms with Gasteiger partial charge in [-0.05, 0) is 12.0 Å². The van der Waals surface area contributed by atoms with Crippen LogP contribution >= 0.6 is 0 Å². The van der Waals surface area contributed by atoms with Crippen LogP contribution in [0.3, 0.4) is 0 Å². The topological polar surface area (TPSA) is 51.8 Å². The van der Waals surface area contributed by atoms with Crippen LogP contribution in [0.4, 0.5) is 5.82 Å². The molecule has 1 aliphatic carbocycles. The van der Waals surface area contributed by atoms with Gasteiger partial charge in [-0.15, -0.1) is 0 Å². The molecule has 3 heteroatoms. The highest BCUT2D eigenvalue weighted by molar-refractivity contribution is 5.25. The minimum atomic E-state index is 0.586. The first-order valence-corrected chi connectivity index (χ1v) is 4.92. The SMILES string of the molecule is Nc1ccnc(CC2CCCC2)n1. The number of nitrogens with zero attached hydrogens (tertiary/aromatic N) is 2. The Balaban J connectivity index is 2.00. The highest BCUT2D eigenvalue weighted by Gasteiger charge is 2.16. The first-order chi connectivity index (χ1) is 6.34. The van der Waals surface area contributed by atoms with Gasteiger partial charge >= 0.3 is 0 Å². The van der Waals surface area contributed by atoms with Crippen molar-refractivity contribution in [2.45, 2.75) is 32.1 Å². The average Bonchev–Trinajstić information content (AvgIpc) is 2.57. The Morgan fingerprint density at radius 2 is 2.15 bits per heavy atom. The average molecular weight is 177 g/mol. The lowest BCUT2D eigenvalue weighted by Crippen LogP contribution is -2.04. The van der Waals surface area contributed by atoms with Gasteiger partial charge in [0.05, 0.1) is 0 Å². The van der Waals surface area contributed by atoms with Crippen LogP contribution < -0.4 is 5.73 Å². The molecule has 0 atom stereocenters. The van der Waals surface area contributed by atoms with E-state index >= 15 is 0 Å². The molecule has 1 aromatic heterocycles. The Hall–Kier alpha value is -1.12. The van der Waals surface area contributed by atoms with E-state index in [4.69, 9.17) is 5.73 Å². The van der Waals surface area contributed by atoms with Crippen molar-refractivity contribution in [1.29, 1.82) is 0 Å². The number of hydrogen-bond donors (Lipinski definition) is 1. The third kappa shape index (κ3) is 2.17. The summed E-state index contributed by atoms with van der Waals surface area (Å²) in [6.07, 6.45) is 8.15. The Bertz CT molecular complexity index is 279. The molecule has 1 fully saturated rings. The van der Waals surface area contributed by atoms with Gasteiger partial charge in [0.1, 0.15) is 11.6 Å². The van der Waals surface area contributed by atoms with Gasteiger partial charge in [-0.3, -0.25) is 0 Å². The summed E-state index contributed by atoms with van der Waals surface area (Å²) in [6, 6.07) is 1.73. The van der Waals surface area contributed by atoms with E-state index in [0.717, 1.165) is 18.2 Å². The third-order valence-electron chi connectivity index (χ3n) is 2.67. The molecule has 0 unspecified atom stereocenters. The van der Waals surface area contributed by atoms with Crippen molar-refractivity contribution in [3.8, 4) is 0 Å². The van der Waals surface area contributed by atoms with Crippen LogP contribution in [0.2, 0.25) is 0 Å². The number of aromatic nitrogens is 2. The van der Waals surface area contributed by atoms with E-state index in [9.17, 15) is 0 Å². The molecule has 0 aliphatic heterocycles. The maximum Gasteiger partial charge on any atom is 0.130 e. The Morgan fingerprint density at radius 1 is 1.38 bits per heavy atom. The number of rotatable bonds is 2. The summed E-state index contributed by atoms with van der Waals surface area (Å²) in [5, 5.41) is 0. The second-order valence-corrected chi connectivity index (χ2v) is 3.75. The molecule has 13 heavy (non-hydrogen) atoms. The summed E-state index contributed by atoms with van der Waals surface area (Å²) in [4.78, 5) is 8.42. The van der Waals surface area contributed by atoms with E-state index in [0.29, 0.717) is 5.82 Å². The van der Waals surface area contributed by atoms with Gasteiger partial charge in [0.2, 0.25) is 0 Å². The summed E-state index contributed by atoms with van der Waals surface area (Å²) in [6.45, 7) is 0. The molecule has 1 saturated carbocycles. The number of nitrogens with two attached hydrogens (primary N) is 1. The highest BCUT2D eigenvalue weighted by atomic mass is 14.9. The molecule has 0 saturated heterocycles. The van der Waals surface area contributed by atoms with Crippen LogP contribution in [0.15, 0.2) is 12.3 Å². The third-order valence-corrected chi connectivity index (χ3v) is 2.67. The fourth-order valence-electron chi connectivity index (χ4n) is 1.99. The largest absolute Gasteiger partial charge is 0.384 e. The van der Waals surface area contributed by atoms with Gasteiger partial charge in [0.15, 0.2) is 0 Å². The van der Waals surface area contributed by atoms with Gasteiger partial charge in [-0.25, -0.2) is 9.97 Å². The van der Waals surface area contributed by atoms with Crippen LogP contribution in [-0.2, 0) is 6.42 Å². The van der Waals surface area contributed by atoms with E-state index in [1.54, 1.807) is 12.3 Å². The molecular weight excluding hydrogens is 162 g/mol. The first-order valence-electron chi connectivity index (χ1n) is 4.92. The van der Waals surface area contributed by atoms with E-state index in [-0.39, 0.29) is 0 Å². The Morgan fingerprint density at radius 3 is 2.85 bits per heavy atom. The second kappa shape index (κ2) is 3.73. The fourth-order valence-corrected chi connectivity index (χ4v) is 1.99. The summed E-state index contributed by atoms with van der Waals surface area (Å²) in [7, 11) is 0. The molecule has 0 amide bonds. The predicted molar refractivity (Wildman–Crippen MR) is 52.1 cm³/mol. The Labute approximate surface area is 78.4 Å². The van der Waals surface area contributed by atoms with Crippen molar-refractivity contribution in [1.82, 2.24) is 9.97 Å². The van der Waals surface area contributed by atoms with Crippen molar-refractivity contribution in [2.24, 2.45) is 5.92 Å². The maximum atomic E-state index is 5.58. The lowest BCUT2D eigenvalue weighted by Gasteiger charge is -2.06.